The maximum atomic E-state index is 11.6. The van der Waals surface area contributed by atoms with Crippen LogP contribution in [-0.2, 0) is 9.59 Å². The van der Waals surface area contributed by atoms with Crippen LogP contribution in [0.15, 0.2) is 0 Å². The van der Waals surface area contributed by atoms with Gasteiger partial charge in [0, 0.05) is 12.1 Å². The number of rotatable bonds is 0. The van der Waals surface area contributed by atoms with Gasteiger partial charge >= 0.3 is 11.8 Å². The van der Waals surface area contributed by atoms with Crippen molar-refractivity contribution in [3.8, 4) is 0 Å². The van der Waals surface area contributed by atoms with Gasteiger partial charge < -0.3 is 10.2 Å². The summed E-state index contributed by atoms with van der Waals surface area (Å²) < 4.78 is 0. The molecule has 0 spiro atoms. The Labute approximate surface area is 84.7 Å². The summed E-state index contributed by atoms with van der Waals surface area (Å²) >= 11 is 0. The highest BCUT2D eigenvalue weighted by molar-refractivity contribution is 6.35. The van der Waals surface area contributed by atoms with E-state index in [-0.39, 0.29) is 11.1 Å². The van der Waals surface area contributed by atoms with Gasteiger partial charge in [0.05, 0.1) is 5.54 Å². The molecule has 0 aromatic carbocycles. The van der Waals surface area contributed by atoms with E-state index in [1.54, 1.807) is 4.90 Å². The van der Waals surface area contributed by atoms with Crippen LogP contribution in [0.25, 0.3) is 0 Å². The molecule has 0 saturated carbocycles. The van der Waals surface area contributed by atoms with Crippen molar-refractivity contribution in [2.45, 2.75) is 45.7 Å². The van der Waals surface area contributed by atoms with Gasteiger partial charge in [0.15, 0.2) is 0 Å². The predicted octanol–water partition coefficient (Wildman–Crippen LogP) is 0.522. The number of hydrogen-bond acceptors (Lipinski definition) is 2. The quantitative estimate of drug-likeness (QED) is 0.577. The molecule has 4 nitrogen and oxygen atoms in total. The average molecular weight is 198 g/mol. The summed E-state index contributed by atoms with van der Waals surface area (Å²) in [6.07, 6.45) is 0. The molecule has 2 amide bonds. The van der Waals surface area contributed by atoms with E-state index in [1.807, 2.05) is 34.6 Å². The van der Waals surface area contributed by atoms with E-state index in [1.165, 1.54) is 0 Å². The van der Waals surface area contributed by atoms with Crippen LogP contribution < -0.4 is 5.32 Å². The van der Waals surface area contributed by atoms with Gasteiger partial charge in [-0.2, -0.15) is 0 Å². The molecule has 14 heavy (non-hydrogen) atoms. The Bertz CT molecular complexity index is 273. The van der Waals surface area contributed by atoms with Gasteiger partial charge in [-0.1, -0.05) is 0 Å². The van der Waals surface area contributed by atoms with E-state index in [2.05, 4.69) is 5.32 Å². The lowest BCUT2D eigenvalue weighted by atomic mass is 9.96. The first kappa shape index (κ1) is 11.0. The Morgan fingerprint density at radius 1 is 1.29 bits per heavy atom. The van der Waals surface area contributed by atoms with E-state index in [0.717, 1.165) is 0 Å². The highest BCUT2D eigenvalue weighted by Gasteiger charge is 2.41. The molecule has 0 radical (unpaired) electrons. The molecule has 1 aliphatic heterocycles. The van der Waals surface area contributed by atoms with E-state index in [4.69, 9.17) is 0 Å². The number of hydrogen-bond donors (Lipinski definition) is 1. The standard InChI is InChI=1S/C10H18N2O2/c1-9(2,3)12-6-10(4,5)11-7(13)8(12)14/h6H2,1-5H3,(H,11,13). The lowest BCUT2D eigenvalue weighted by Crippen LogP contribution is -2.66. The Hall–Kier alpha value is -1.06. The van der Waals surface area contributed by atoms with Crippen LogP contribution in [0, 0.1) is 0 Å². The molecule has 1 aliphatic rings. The summed E-state index contributed by atoms with van der Waals surface area (Å²) in [7, 11) is 0. The van der Waals surface area contributed by atoms with Gasteiger partial charge in [0.2, 0.25) is 0 Å². The van der Waals surface area contributed by atoms with Gasteiger partial charge in [0.1, 0.15) is 0 Å². The van der Waals surface area contributed by atoms with Crippen LogP contribution in [0.5, 0.6) is 0 Å². The van der Waals surface area contributed by atoms with Crippen LogP contribution in [0.4, 0.5) is 0 Å². The third-order valence-corrected chi connectivity index (χ3v) is 2.25. The van der Waals surface area contributed by atoms with E-state index in [0.29, 0.717) is 6.54 Å². The maximum absolute atomic E-state index is 11.6. The molecule has 80 valence electrons. The summed E-state index contributed by atoms with van der Waals surface area (Å²) in [5.41, 5.74) is -0.635. The maximum Gasteiger partial charge on any atom is 0.312 e. The third-order valence-electron chi connectivity index (χ3n) is 2.25. The van der Waals surface area contributed by atoms with Gasteiger partial charge in [0.25, 0.3) is 0 Å². The molecule has 0 atom stereocenters. The van der Waals surface area contributed by atoms with Crippen LogP contribution in [0.2, 0.25) is 0 Å². The van der Waals surface area contributed by atoms with Crippen molar-refractivity contribution in [3.63, 3.8) is 0 Å². The van der Waals surface area contributed by atoms with Crippen molar-refractivity contribution in [1.29, 1.82) is 0 Å². The molecule has 0 unspecified atom stereocenters. The molecule has 1 rings (SSSR count). The average Bonchev–Trinajstić information content (AvgIpc) is 1.93. The lowest BCUT2D eigenvalue weighted by molar-refractivity contribution is -0.155. The molecule has 0 aliphatic carbocycles. The van der Waals surface area contributed by atoms with Gasteiger partial charge in [-0.25, -0.2) is 0 Å². The van der Waals surface area contributed by atoms with E-state index >= 15 is 0 Å². The second-order valence-corrected chi connectivity index (χ2v) is 5.40. The molecule has 4 heteroatoms. The fourth-order valence-electron chi connectivity index (χ4n) is 1.53. The second kappa shape index (κ2) is 2.97. The Morgan fingerprint density at radius 3 is 2.21 bits per heavy atom. The first-order valence-electron chi connectivity index (χ1n) is 4.78. The van der Waals surface area contributed by atoms with E-state index in [9.17, 15) is 9.59 Å². The second-order valence-electron chi connectivity index (χ2n) is 5.40. The van der Waals surface area contributed by atoms with Gasteiger partial charge in [-0.3, -0.25) is 9.59 Å². The van der Waals surface area contributed by atoms with Crippen molar-refractivity contribution in [1.82, 2.24) is 10.2 Å². The van der Waals surface area contributed by atoms with Crippen LogP contribution >= 0.6 is 0 Å². The minimum absolute atomic E-state index is 0.299. The van der Waals surface area contributed by atoms with Gasteiger partial charge in [-0.05, 0) is 34.6 Å². The molecule has 1 N–H and O–H groups in total. The Balaban J connectivity index is 2.95. The van der Waals surface area contributed by atoms with Crippen molar-refractivity contribution >= 4 is 11.8 Å². The summed E-state index contributed by atoms with van der Waals surface area (Å²) in [5, 5.41) is 2.68. The largest absolute Gasteiger partial charge is 0.341 e. The highest BCUT2D eigenvalue weighted by Crippen LogP contribution is 2.20. The van der Waals surface area contributed by atoms with Crippen molar-refractivity contribution < 1.29 is 9.59 Å². The number of nitrogens with zero attached hydrogens (tertiary/aromatic N) is 1. The minimum Gasteiger partial charge on any atom is -0.341 e. The summed E-state index contributed by atoms with van der Waals surface area (Å²) in [6, 6.07) is 0. The number of carbonyl (C=O) groups is 2. The van der Waals surface area contributed by atoms with Crippen LogP contribution in [0.1, 0.15) is 34.6 Å². The summed E-state index contributed by atoms with van der Waals surface area (Å²) in [5.74, 6) is -0.937. The topological polar surface area (TPSA) is 49.4 Å². The zero-order chi connectivity index (χ0) is 11.1. The molecule has 0 aromatic rings. The van der Waals surface area contributed by atoms with E-state index < -0.39 is 11.8 Å². The van der Waals surface area contributed by atoms with Crippen molar-refractivity contribution in [3.05, 3.63) is 0 Å². The first-order chi connectivity index (χ1) is 6.13. The smallest absolute Gasteiger partial charge is 0.312 e. The minimum atomic E-state index is -0.504. The predicted molar refractivity (Wildman–Crippen MR) is 53.7 cm³/mol. The molecule has 1 heterocycles. The fourth-order valence-corrected chi connectivity index (χ4v) is 1.53. The summed E-state index contributed by atoms with van der Waals surface area (Å²) in [6.45, 7) is 10.2. The third kappa shape index (κ3) is 2.05. The zero-order valence-corrected chi connectivity index (χ0v) is 9.47. The zero-order valence-electron chi connectivity index (χ0n) is 9.47. The normalized spacial score (nSPS) is 22.2. The molecule has 0 aromatic heterocycles. The van der Waals surface area contributed by atoms with Gasteiger partial charge in [-0.15, -0.1) is 0 Å². The Morgan fingerprint density at radius 2 is 1.79 bits per heavy atom. The molecular weight excluding hydrogens is 180 g/mol. The Kier molecular flexibility index (Phi) is 2.34. The SMILES string of the molecule is CC1(C)CN(C(C)(C)C)C(=O)C(=O)N1. The number of nitrogens with one attached hydrogen (secondary N) is 1. The number of amides is 2. The monoisotopic (exact) mass is 198 g/mol. The van der Waals surface area contributed by atoms with Crippen LogP contribution in [0.3, 0.4) is 0 Å². The molecule has 1 saturated heterocycles. The van der Waals surface area contributed by atoms with Crippen molar-refractivity contribution in [2.75, 3.05) is 6.54 Å². The fraction of sp³-hybridized carbons (Fsp3) is 0.800. The lowest BCUT2D eigenvalue weighted by Gasteiger charge is -2.44. The van der Waals surface area contributed by atoms with Crippen molar-refractivity contribution in [2.24, 2.45) is 0 Å². The first-order valence-corrected chi connectivity index (χ1v) is 4.78. The molecule has 0 bridgehead atoms. The summed E-state index contributed by atoms with van der Waals surface area (Å²) in [4.78, 5) is 24.6. The molecule has 1 fully saturated rings. The number of piperazine rings is 1. The molecular formula is C10H18N2O2. The highest BCUT2D eigenvalue weighted by atomic mass is 16.2. The van der Waals surface area contributed by atoms with Crippen LogP contribution in [-0.4, -0.2) is 34.3 Å². The number of carbonyl (C=O) groups excluding carboxylic acids is 2.